The smallest absolute Gasteiger partial charge is 0.664 e. The van der Waals surface area contributed by atoms with Gasteiger partial charge in [-0.05, 0) is 89.0 Å². The minimum atomic E-state index is -1.25. The fourth-order valence-electron chi connectivity index (χ4n) is 9.97. The summed E-state index contributed by atoms with van der Waals surface area (Å²) in [4.78, 5) is 68.8. The van der Waals surface area contributed by atoms with Crippen molar-refractivity contribution in [2.45, 2.75) is 146 Å². The molecule has 3 aromatic heterocycles. The second-order valence-electron chi connectivity index (χ2n) is 19.3. The summed E-state index contributed by atoms with van der Waals surface area (Å²) in [5, 5.41) is 6.60. The molecule has 1 saturated heterocycles. The van der Waals surface area contributed by atoms with Gasteiger partial charge in [-0.1, -0.05) is 138 Å². The van der Waals surface area contributed by atoms with Crippen LogP contribution >= 0.6 is 0 Å². The van der Waals surface area contributed by atoms with Gasteiger partial charge in [-0.15, -0.1) is 33.5 Å². The SMILES string of the molecule is CCc1c(C)/c2[n-]/c1=C\c1[n-]c3c(c1C)C(=O)[C@H](C(=O)OC)/C3=C1/[N-]/C(=C\c3[n-]c(c(C=O)c3C)\C=2)[C@@H](C)[C@@H]1CCC(=O)OC/C=C(\C)CCC[C@H](C)CCC[C@H](C)CCCC(C)C.[Mg+2]. The van der Waals surface area contributed by atoms with Crippen LogP contribution in [-0.2, 0) is 25.5 Å². The molecule has 1 aliphatic carbocycles. The molecule has 5 atom stereocenters. The van der Waals surface area contributed by atoms with Gasteiger partial charge in [-0.2, -0.15) is 11.4 Å². The van der Waals surface area contributed by atoms with E-state index in [9.17, 15) is 19.2 Å². The molecule has 346 valence electrons. The minimum absolute atomic E-state index is 0. The Morgan fingerprint density at radius 3 is 2.11 bits per heavy atom. The predicted molar refractivity (Wildman–Crippen MR) is 260 cm³/mol. The molecule has 11 heteroatoms. The van der Waals surface area contributed by atoms with Gasteiger partial charge in [-0.25, -0.2) is 0 Å². The quantitative estimate of drug-likeness (QED) is 0.0356. The summed E-state index contributed by atoms with van der Waals surface area (Å²) in [7, 11) is 1.28. The number of esters is 2. The third-order valence-electron chi connectivity index (χ3n) is 14.1. The van der Waals surface area contributed by atoms with Crippen LogP contribution in [0.3, 0.4) is 0 Å². The van der Waals surface area contributed by atoms with Crippen molar-refractivity contribution in [3.05, 3.63) is 95.2 Å². The van der Waals surface area contributed by atoms with Crippen LogP contribution in [0.25, 0.3) is 29.1 Å². The van der Waals surface area contributed by atoms with Gasteiger partial charge in [0.05, 0.1) is 7.11 Å². The molecular weight excluding hydrogens is 825 g/mol. The first-order valence-corrected chi connectivity index (χ1v) is 23.8. The molecule has 3 aromatic rings. The number of nitrogens with zero attached hydrogens (tertiary/aromatic N) is 4. The molecule has 6 rings (SSSR count). The fraction of sp³-hybridized carbons (Fsp3) is 0.556. The van der Waals surface area contributed by atoms with Gasteiger partial charge in [0.25, 0.3) is 0 Å². The van der Waals surface area contributed by atoms with E-state index in [2.05, 4.69) is 41.5 Å². The van der Waals surface area contributed by atoms with Crippen molar-refractivity contribution in [1.29, 1.82) is 0 Å². The molecular formula is C54H70MgN4O6-2. The topological polar surface area (TPSA) is 143 Å². The Balaban J connectivity index is 0.00000793. The first-order valence-electron chi connectivity index (χ1n) is 23.8. The summed E-state index contributed by atoms with van der Waals surface area (Å²) in [6.07, 6.45) is 20.8. The van der Waals surface area contributed by atoms with E-state index in [0.717, 1.165) is 47.4 Å². The molecule has 1 fully saturated rings. The molecule has 0 saturated carbocycles. The van der Waals surface area contributed by atoms with Crippen molar-refractivity contribution in [1.82, 2.24) is 15.0 Å². The van der Waals surface area contributed by atoms with E-state index in [1.807, 2.05) is 52.0 Å². The van der Waals surface area contributed by atoms with E-state index >= 15 is 0 Å². The number of aldehydes is 1. The Hall–Kier alpha value is -4.35. The van der Waals surface area contributed by atoms with Crippen LogP contribution in [0.4, 0.5) is 0 Å². The van der Waals surface area contributed by atoms with Crippen LogP contribution in [0, 0.1) is 56.3 Å². The average molecular weight is 895 g/mol. The minimum Gasteiger partial charge on any atom is -0.664 e. The van der Waals surface area contributed by atoms with Crippen molar-refractivity contribution >= 4 is 70.9 Å². The number of hydrogen-bond donors (Lipinski definition) is 0. The summed E-state index contributed by atoms with van der Waals surface area (Å²) in [5.41, 5.74) is 9.13. The van der Waals surface area contributed by atoms with E-state index in [-0.39, 0.29) is 59.7 Å². The van der Waals surface area contributed by atoms with Gasteiger partial charge in [0, 0.05) is 17.5 Å². The molecule has 0 amide bonds. The molecule has 65 heavy (non-hydrogen) atoms. The second kappa shape index (κ2) is 22.9. The first kappa shape index (κ1) is 51.6. The van der Waals surface area contributed by atoms with Gasteiger partial charge in [0.15, 0.2) is 5.78 Å². The van der Waals surface area contributed by atoms with Crippen molar-refractivity contribution in [2.75, 3.05) is 13.7 Å². The number of carbonyl (C=O) groups is 4. The number of Topliss-reactive ketones (excluding diaryl/α,β-unsaturated/α-hetero) is 1. The summed E-state index contributed by atoms with van der Waals surface area (Å²) in [5.74, 6) is -0.961. The number of fused-ring (bicyclic) bond motifs is 7. The van der Waals surface area contributed by atoms with Gasteiger partial charge in [-0.3, -0.25) is 19.2 Å². The molecule has 0 N–H and O–H groups in total. The largest absolute Gasteiger partial charge is 2.00 e. The van der Waals surface area contributed by atoms with Gasteiger partial charge in [0.2, 0.25) is 0 Å². The normalized spacial score (nSPS) is 21.7. The Kier molecular flexibility index (Phi) is 18.2. The monoisotopic (exact) mass is 895 g/mol. The number of methoxy groups -OCH3 is 1. The Morgan fingerprint density at radius 1 is 0.815 bits per heavy atom. The predicted octanol–water partition coefficient (Wildman–Crippen LogP) is 9.53. The summed E-state index contributed by atoms with van der Waals surface area (Å²) >= 11 is 0. The van der Waals surface area contributed by atoms with Crippen molar-refractivity contribution in [3.63, 3.8) is 0 Å². The average Bonchev–Trinajstić information content (AvgIpc) is 3.99. The van der Waals surface area contributed by atoms with Crippen LogP contribution in [0.15, 0.2) is 23.0 Å². The summed E-state index contributed by atoms with van der Waals surface area (Å²) in [6.45, 7) is 21.5. The third-order valence-corrected chi connectivity index (χ3v) is 14.1. The number of hydrogen-bond acceptors (Lipinski definition) is 6. The molecule has 8 bridgehead atoms. The van der Waals surface area contributed by atoms with E-state index in [4.69, 9.17) is 29.7 Å². The van der Waals surface area contributed by atoms with Crippen molar-refractivity contribution in [3.8, 4) is 0 Å². The molecule has 0 spiro atoms. The number of allylic oxidation sites excluding steroid dienone is 3. The van der Waals surface area contributed by atoms with Gasteiger partial charge in [0.1, 0.15) is 18.8 Å². The number of carbonyl (C=O) groups excluding carboxylic acids is 4. The van der Waals surface area contributed by atoms with E-state index in [1.54, 1.807) is 0 Å². The van der Waals surface area contributed by atoms with E-state index < -0.39 is 11.9 Å². The zero-order valence-corrected chi connectivity index (χ0v) is 42.4. The Bertz CT molecular complexity index is 2460. The maximum absolute atomic E-state index is 14.3. The van der Waals surface area contributed by atoms with Crippen LogP contribution in [-0.4, -0.2) is 60.8 Å². The second-order valence-corrected chi connectivity index (χ2v) is 19.3. The van der Waals surface area contributed by atoms with Crippen LogP contribution in [0.1, 0.15) is 185 Å². The molecule has 2 aliphatic heterocycles. The van der Waals surface area contributed by atoms with Crippen molar-refractivity contribution in [2.24, 2.45) is 35.5 Å². The summed E-state index contributed by atoms with van der Waals surface area (Å²) in [6, 6.07) is 0. The van der Waals surface area contributed by atoms with Crippen LogP contribution in [0.2, 0.25) is 0 Å². The molecule has 10 nitrogen and oxygen atoms in total. The van der Waals surface area contributed by atoms with E-state index in [0.29, 0.717) is 86.1 Å². The zero-order chi connectivity index (χ0) is 46.4. The number of ether oxygens (including phenoxy) is 2. The molecule has 3 aliphatic rings. The number of aromatic nitrogens is 3. The van der Waals surface area contributed by atoms with E-state index in [1.165, 1.54) is 57.6 Å². The Labute approximate surface area is 403 Å². The zero-order valence-electron chi connectivity index (χ0n) is 41.0. The molecule has 0 unspecified atom stereocenters. The molecule has 0 aromatic carbocycles. The van der Waals surface area contributed by atoms with Gasteiger partial charge < -0.3 is 29.7 Å². The summed E-state index contributed by atoms with van der Waals surface area (Å²) < 4.78 is 11.0. The van der Waals surface area contributed by atoms with Crippen LogP contribution in [0.5, 0.6) is 0 Å². The van der Waals surface area contributed by atoms with Crippen LogP contribution < -0.4 is 25.7 Å². The third kappa shape index (κ3) is 11.6. The number of rotatable bonds is 20. The van der Waals surface area contributed by atoms with Gasteiger partial charge >= 0.3 is 35.0 Å². The molecule has 5 heterocycles. The first-order chi connectivity index (χ1) is 30.6. The maximum Gasteiger partial charge on any atom is 2.00 e. The maximum atomic E-state index is 14.3. The number of ketones is 1. The standard InChI is InChI=1S/C54H72N4O6.Mg/c1-12-38-34(7)42-27-46-40(29-59)36(9)41(56-46)26-43-35(8)39(51(57-43)49-50(54(62)63-11)53(61)48-37(10)44(58-52(48)49)28-45(38)55-42)22-23-47(60)64-25-24-33(6)21-15-20-32(5)19-14-18-31(4)17-13-16-30(2)3;/h24,26-32,35,39,50H,12-23,25H2,1-11H3,(H2-2,55,56,57,58,59,61);/q-2;+2/p-2/b33-24+,43-26-;/t31-,32-,35+,39+,50-;/m1./s1. The Morgan fingerprint density at radius 2 is 1.46 bits per heavy atom. The van der Waals surface area contributed by atoms with Crippen molar-refractivity contribution < 1.29 is 28.7 Å². The fourth-order valence-corrected chi connectivity index (χ4v) is 9.97. The molecule has 0 radical (unpaired) electrons.